The van der Waals surface area contributed by atoms with Gasteiger partial charge in [0.2, 0.25) is 20.0 Å². The molecule has 0 saturated heterocycles. The van der Waals surface area contributed by atoms with Crippen molar-refractivity contribution in [3.8, 4) is 11.5 Å². The molecule has 0 saturated carbocycles. The van der Waals surface area contributed by atoms with Crippen LogP contribution in [-0.4, -0.2) is 23.1 Å². The molecule has 11 heteroatoms. The molecule has 0 atom stereocenters. The zero-order chi connectivity index (χ0) is 18.1. The third-order valence-corrected chi connectivity index (χ3v) is 5.31. The van der Waals surface area contributed by atoms with Crippen molar-refractivity contribution < 1.29 is 21.6 Å². The third-order valence-electron chi connectivity index (χ3n) is 2.69. The van der Waals surface area contributed by atoms with Gasteiger partial charge in [-0.2, -0.15) is 0 Å². The smallest absolute Gasteiger partial charge is 0.238 e. The van der Waals surface area contributed by atoms with E-state index in [0.717, 1.165) is 16.8 Å². The first-order chi connectivity index (χ1) is 11.0. The second-order valence-corrected chi connectivity index (χ2v) is 9.83. The van der Waals surface area contributed by atoms with Crippen molar-refractivity contribution in [2.24, 2.45) is 5.14 Å². The molecular weight excluding hydrogens is 488 g/mol. The fourth-order valence-corrected chi connectivity index (χ4v) is 3.95. The van der Waals surface area contributed by atoms with Crippen LogP contribution < -0.4 is 14.6 Å². The van der Waals surface area contributed by atoms with Gasteiger partial charge < -0.3 is 4.74 Å². The Morgan fingerprint density at radius 2 is 1.67 bits per heavy atom. The molecule has 0 heterocycles. The molecule has 130 valence electrons. The molecule has 0 unspecified atom stereocenters. The summed E-state index contributed by atoms with van der Waals surface area (Å²) >= 11 is 6.61. The summed E-state index contributed by atoms with van der Waals surface area (Å²) in [6.07, 6.45) is 0.972. The maximum absolute atomic E-state index is 11.5. The summed E-state index contributed by atoms with van der Waals surface area (Å²) in [6.45, 7) is 0. The predicted molar refractivity (Wildman–Crippen MR) is 98.2 cm³/mol. The Morgan fingerprint density at radius 3 is 2.21 bits per heavy atom. The average molecular weight is 500 g/mol. The van der Waals surface area contributed by atoms with Crippen molar-refractivity contribution in [1.29, 1.82) is 0 Å². The van der Waals surface area contributed by atoms with Crippen molar-refractivity contribution in [1.82, 2.24) is 0 Å². The zero-order valence-electron chi connectivity index (χ0n) is 12.2. The second-order valence-electron chi connectivity index (χ2n) is 4.75. The lowest BCUT2D eigenvalue weighted by Crippen LogP contribution is -2.14. The van der Waals surface area contributed by atoms with Crippen LogP contribution in [0, 0.1) is 0 Å². The predicted octanol–water partition coefficient (Wildman–Crippen LogP) is 3.02. The summed E-state index contributed by atoms with van der Waals surface area (Å²) in [5.41, 5.74) is 0.0831. The van der Waals surface area contributed by atoms with E-state index in [2.05, 4.69) is 36.6 Å². The number of nitrogens with one attached hydrogen (secondary N) is 1. The molecule has 0 bridgehead atoms. The van der Waals surface area contributed by atoms with E-state index in [1.165, 1.54) is 12.1 Å². The summed E-state index contributed by atoms with van der Waals surface area (Å²) in [4.78, 5) is -0.204. The van der Waals surface area contributed by atoms with Gasteiger partial charge in [-0.25, -0.2) is 22.0 Å². The first-order valence-corrected chi connectivity index (χ1v) is 11.3. The molecular formula is C13H12Br2N2O5S2. The molecule has 2 aromatic carbocycles. The summed E-state index contributed by atoms with van der Waals surface area (Å²) in [7, 11) is -7.56. The molecule has 24 heavy (non-hydrogen) atoms. The number of anilines is 1. The standard InChI is InChI=1S/C13H12Br2N2O5S2/c1-23(18,19)17-11-4-3-9(24(16,20)21)7-13(11)22-12-5-2-8(14)6-10(12)15/h2-7,17H,1H3,(H2,16,20,21). The molecule has 2 aromatic rings. The maximum Gasteiger partial charge on any atom is 0.238 e. The number of benzene rings is 2. The van der Waals surface area contributed by atoms with Crippen molar-refractivity contribution in [3.05, 3.63) is 45.3 Å². The highest BCUT2D eigenvalue weighted by Gasteiger charge is 2.16. The Morgan fingerprint density at radius 1 is 1.00 bits per heavy atom. The van der Waals surface area contributed by atoms with Gasteiger partial charge in [0, 0.05) is 10.5 Å². The van der Waals surface area contributed by atoms with Crippen LogP contribution in [0.4, 0.5) is 5.69 Å². The number of nitrogens with two attached hydrogens (primary N) is 1. The Labute approximate surface area is 156 Å². The zero-order valence-corrected chi connectivity index (χ0v) is 17.0. The molecule has 0 aliphatic rings. The van der Waals surface area contributed by atoms with E-state index in [0.29, 0.717) is 10.2 Å². The fourth-order valence-electron chi connectivity index (χ4n) is 1.72. The van der Waals surface area contributed by atoms with Gasteiger partial charge in [-0.05, 0) is 46.3 Å². The Kier molecular flexibility index (Phi) is 5.60. The lowest BCUT2D eigenvalue weighted by Gasteiger charge is -2.14. The third kappa shape index (κ3) is 5.18. The number of primary sulfonamides is 1. The molecule has 7 nitrogen and oxygen atoms in total. The monoisotopic (exact) mass is 498 g/mol. The van der Waals surface area contributed by atoms with Crippen LogP contribution in [0.2, 0.25) is 0 Å². The molecule has 0 radical (unpaired) electrons. The van der Waals surface area contributed by atoms with Crippen LogP contribution in [0.1, 0.15) is 0 Å². The number of sulfonamides is 2. The molecule has 0 amide bonds. The number of halogens is 2. The first kappa shape index (κ1) is 19.2. The van der Waals surface area contributed by atoms with E-state index in [-0.39, 0.29) is 16.3 Å². The molecule has 0 aromatic heterocycles. The molecule has 0 fully saturated rings. The lowest BCUT2D eigenvalue weighted by molar-refractivity contribution is 0.480. The molecule has 0 spiro atoms. The van der Waals surface area contributed by atoms with Crippen LogP contribution in [0.25, 0.3) is 0 Å². The van der Waals surface area contributed by atoms with E-state index in [1.807, 2.05) is 0 Å². The van der Waals surface area contributed by atoms with Gasteiger partial charge in [0.1, 0.15) is 5.75 Å². The second kappa shape index (κ2) is 7.00. The van der Waals surface area contributed by atoms with Gasteiger partial charge in [-0.1, -0.05) is 15.9 Å². The highest BCUT2D eigenvalue weighted by Crippen LogP contribution is 2.36. The quantitative estimate of drug-likeness (QED) is 0.655. The Hall–Kier alpha value is -1.14. The van der Waals surface area contributed by atoms with Crippen LogP contribution in [0.3, 0.4) is 0 Å². The minimum atomic E-state index is -3.97. The summed E-state index contributed by atoms with van der Waals surface area (Å²) in [5, 5.41) is 5.11. The van der Waals surface area contributed by atoms with Crippen molar-refractivity contribution in [2.45, 2.75) is 4.90 Å². The number of rotatable bonds is 5. The topological polar surface area (TPSA) is 116 Å². The van der Waals surface area contributed by atoms with E-state index < -0.39 is 20.0 Å². The Balaban J connectivity index is 2.54. The normalized spacial score (nSPS) is 12.0. The highest BCUT2D eigenvalue weighted by atomic mass is 79.9. The van der Waals surface area contributed by atoms with E-state index >= 15 is 0 Å². The molecule has 3 N–H and O–H groups in total. The summed E-state index contributed by atoms with van der Waals surface area (Å²) < 4.78 is 55.3. The molecule has 0 aliphatic heterocycles. The van der Waals surface area contributed by atoms with Gasteiger partial charge in [-0.3, -0.25) is 4.72 Å². The molecule has 0 aliphatic carbocycles. The van der Waals surface area contributed by atoms with E-state index in [1.54, 1.807) is 18.2 Å². The van der Waals surface area contributed by atoms with Crippen molar-refractivity contribution in [3.63, 3.8) is 0 Å². The lowest BCUT2D eigenvalue weighted by atomic mass is 10.3. The van der Waals surface area contributed by atoms with Gasteiger partial charge in [-0.15, -0.1) is 0 Å². The fraction of sp³-hybridized carbons (Fsp3) is 0.0769. The maximum atomic E-state index is 11.5. The van der Waals surface area contributed by atoms with Gasteiger partial charge in [0.25, 0.3) is 0 Å². The average Bonchev–Trinajstić information content (AvgIpc) is 2.40. The minimum absolute atomic E-state index is 0.00466. The van der Waals surface area contributed by atoms with Crippen molar-refractivity contribution >= 4 is 57.6 Å². The number of hydrogen-bond acceptors (Lipinski definition) is 5. The van der Waals surface area contributed by atoms with Crippen molar-refractivity contribution in [2.75, 3.05) is 11.0 Å². The van der Waals surface area contributed by atoms with Gasteiger partial charge in [0.05, 0.1) is 21.3 Å². The minimum Gasteiger partial charge on any atom is -0.454 e. The van der Waals surface area contributed by atoms with Gasteiger partial charge >= 0.3 is 0 Å². The van der Waals surface area contributed by atoms with Crippen LogP contribution in [-0.2, 0) is 20.0 Å². The van der Waals surface area contributed by atoms with Crippen LogP contribution in [0.15, 0.2) is 50.2 Å². The van der Waals surface area contributed by atoms with Crippen LogP contribution in [0.5, 0.6) is 11.5 Å². The highest BCUT2D eigenvalue weighted by molar-refractivity contribution is 9.11. The van der Waals surface area contributed by atoms with E-state index in [4.69, 9.17) is 9.88 Å². The van der Waals surface area contributed by atoms with Gasteiger partial charge in [0.15, 0.2) is 5.75 Å². The number of ether oxygens (including phenoxy) is 1. The Bertz CT molecular complexity index is 991. The first-order valence-electron chi connectivity index (χ1n) is 6.23. The number of hydrogen-bond donors (Lipinski definition) is 2. The summed E-state index contributed by atoms with van der Waals surface area (Å²) in [5.74, 6) is 0.358. The summed E-state index contributed by atoms with van der Waals surface area (Å²) in [6, 6.07) is 8.67. The van der Waals surface area contributed by atoms with Crippen LogP contribution >= 0.6 is 31.9 Å². The largest absolute Gasteiger partial charge is 0.454 e. The van der Waals surface area contributed by atoms with E-state index in [9.17, 15) is 16.8 Å². The molecule has 2 rings (SSSR count). The SMILES string of the molecule is CS(=O)(=O)Nc1ccc(S(N)(=O)=O)cc1Oc1ccc(Br)cc1Br.